The molecule has 102 valence electrons. The maximum absolute atomic E-state index is 11.5. The highest BCUT2D eigenvalue weighted by molar-refractivity contribution is 5.97. The molecule has 19 heavy (non-hydrogen) atoms. The van der Waals surface area contributed by atoms with Gasteiger partial charge in [-0.1, -0.05) is 0 Å². The smallest absolute Gasteiger partial charge is 0.305 e. The average molecular weight is 263 g/mol. The number of carboxylic acids is 1. The van der Waals surface area contributed by atoms with Crippen molar-refractivity contribution in [3.05, 3.63) is 23.4 Å². The minimum absolute atomic E-state index is 0.0494. The van der Waals surface area contributed by atoms with Gasteiger partial charge in [-0.3, -0.25) is 9.59 Å². The molecule has 0 aromatic carbocycles. The number of pyridine rings is 1. The molecule has 1 aromatic heterocycles. The Labute approximate surface area is 111 Å². The molecule has 0 bridgehead atoms. The summed E-state index contributed by atoms with van der Waals surface area (Å²) in [6, 6.07) is 3.26. The standard InChI is InChI=1S/C13H17N3O3/c1-8-4-5-10(12(14)19)13(15-8)16-6-2-3-9(16)7-11(17)18/h4-5,9H,2-3,6-7H2,1H3,(H2,14,19)(H,17,18). The second-order valence-electron chi connectivity index (χ2n) is 4.78. The van der Waals surface area contributed by atoms with Gasteiger partial charge < -0.3 is 15.7 Å². The first kappa shape index (κ1) is 13.3. The van der Waals surface area contributed by atoms with E-state index in [9.17, 15) is 9.59 Å². The second kappa shape index (κ2) is 5.26. The molecule has 0 aliphatic carbocycles. The van der Waals surface area contributed by atoms with Crippen LogP contribution in [0.3, 0.4) is 0 Å². The summed E-state index contributed by atoms with van der Waals surface area (Å²) in [7, 11) is 0. The molecule has 1 aromatic rings. The molecule has 2 rings (SSSR count). The predicted molar refractivity (Wildman–Crippen MR) is 70.1 cm³/mol. The molecule has 1 aliphatic heterocycles. The van der Waals surface area contributed by atoms with Crippen molar-refractivity contribution in [1.82, 2.24) is 4.98 Å². The largest absolute Gasteiger partial charge is 0.481 e. The summed E-state index contributed by atoms with van der Waals surface area (Å²) in [4.78, 5) is 28.6. The molecular weight excluding hydrogens is 246 g/mol. The first-order valence-corrected chi connectivity index (χ1v) is 6.25. The summed E-state index contributed by atoms with van der Waals surface area (Å²) < 4.78 is 0. The van der Waals surface area contributed by atoms with Gasteiger partial charge in [-0.15, -0.1) is 0 Å². The highest BCUT2D eigenvalue weighted by atomic mass is 16.4. The Morgan fingerprint density at radius 3 is 2.89 bits per heavy atom. The zero-order valence-electron chi connectivity index (χ0n) is 10.8. The van der Waals surface area contributed by atoms with Gasteiger partial charge in [0, 0.05) is 18.3 Å². The van der Waals surface area contributed by atoms with E-state index in [4.69, 9.17) is 10.8 Å². The monoisotopic (exact) mass is 263 g/mol. The topological polar surface area (TPSA) is 96.5 Å². The Morgan fingerprint density at radius 2 is 2.26 bits per heavy atom. The Bertz CT molecular complexity index is 516. The number of primary amides is 1. The van der Waals surface area contributed by atoms with Crippen molar-refractivity contribution in [2.45, 2.75) is 32.2 Å². The number of amides is 1. The molecule has 1 amide bonds. The summed E-state index contributed by atoms with van der Waals surface area (Å²) in [5, 5.41) is 8.93. The minimum Gasteiger partial charge on any atom is -0.481 e. The number of carboxylic acid groups (broad SMARTS) is 1. The van der Waals surface area contributed by atoms with Crippen LogP contribution in [0, 0.1) is 6.92 Å². The molecule has 3 N–H and O–H groups in total. The third kappa shape index (κ3) is 2.83. The molecule has 0 saturated carbocycles. The van der Waals surface area contributed by atoms with E-state index < -0.39 is 11.9 Å². The predicted octanol–water partition coefficient (Wildman–Crippen LogP) is 0.932. The molecular formula is C13H17N3O3. The van der Waals surface area contributed by atoms with Crippen molar-refractivity contribution >= 4 is 17.7 Å². The van der Waals surface area contributed by atoms with Gasteiger partial charge in [0.1, 0.15) is 5.82 Å². The van der Waals surface area contributed by atoms with Crippen LogP contribution in [0.1, 0.15) is 35.3 Å². The number of aliphatic carboxylic acids is 1. The fraction of sp³-hybridized carbons (Fsp3) is 0.462. The van der Waals surface area contributed by atoms with Crippen LogP contribution in [-0.4, -0.2) is 34.6 Å². The van der Waals surface area contributed by atoms with Crippen molar-refractivity contribution in [3.8, 4) is 0 Å². The highest BCUT2D eigenvalue weighted by Crippen LogP contribution is 2.28. The Hall–Kier alpha value is -2.11. The lowest BCUT2D eigenvalue weighted by Crippen LogP contribution is -2.34. The fourth-order valence-electron chi connectivity index (χ4n) is 2.48. The molecule has 1 saturated heterocycles. The van der Waals surface area contributed by atoms with E-state index in [1.807, 2.05) is 11.8 Å². The van der Waals surface area contributed by atoms with Crippen LogP contribution in [0.2, 0.25) is 0 Å². The lowest BCUT2D eigenvalue weighted by Gasteiger charge is -2.26. The SMILES string of the molecule is Cc1ccc(C(N)=O)c(N2CCCC2CC(=O)O)n1. The van der Waals surface area contributed by atoms with E-state index >= 15 is 0 Å². The second-order valence-corrected chi connectivity index (χ2v) is 4.78. The highest BCUT2D eigenvalue weighted by Gasteiger charge is 2.30. The number of rotatable bonds is 4. The zero-order chi connectivity index (χ0) is 14.0. The van der Waals surface area contributed by atoms with Crippen molar-refractivity contribution in [2.75, 3.05) is 11.4 Å². The molecule has 1 unspecified atom stereocenters. The molecule has 6 nitrogen and oxygen atoms in total. The van der Waals surface area contributed by atoms with Gasteiger partial charge >= 0.3 is 5.97 Å². The Morgan fingerprint density at radius 1 is 1.53 bits per heavy atom. The van der Waals surface area contributed by atoms with Crippen molar-refractivity contribution < 1.29 is 14.7 Å². The number of carbonyl (C=O) groups is 2. The minimum atomic E-state index is -0.842. The number of hydrogen-bond acceptors (Lipinski definition) is 4. The first-order valence-electron chi connectivity index (χ1n) is 6.25. The van der Waals surface area contributed by atoms with Gasteiger partial charge in [0.15, 0.2) is 0 Å². The summed E-state index contributed by atoms with van der Waals surface area (Å²) in [5.74, 6) is -0.870. The third-order valence-electron chi connectivity index (χ3n) is 3.34. The summed E-state index contributed by atoms with van der Waals surface area (Å²) in [6.07, 6.45) is 1.74. The average Bonchev–Trinajstić information content (AvgIpc) is 2.75. The molecule has 0 radical (unpaired) electrons. The van der Waals surface area contributed by atoms with Crippen LogP contribution < -0.4 is 10.6 Å². The first-order chi connectivity index (χ1) is 8.99. The molecule has 1 atom stereocenters. The fourth-order valence-corrected chi connectivity index (χ4v) is 2.48. The summed E-state index contributed by atoms with van der Waals surface area (Å²) in [5.41, 5.74) is 6.49. The maximum atomic E-state index is 11.5. The van der Waals surface area contributed by atoms with E-state index in [2.05, 4.69) is 4.98 Å². The number of carbonyl (C=O) groups excluding carboxylic acids is 1. The number of aryl methyl sites for hydroxylation is 1. The van der Waals surface area contributed by atoms with E-state index in [1.165, 1.54) is 0 Å². The van der Waals surface area contributed by atoms with Crippen LogP contribution >= 0.6 is 0 Å². The number of anilines is 1. The van der Waals surface area contributed by atoms with Crippen LogP contribution in [0.15, 0.2) is 12.1 Å². The summed E-state index contributed by atoms with van der Waals surface area (Å²) >= 11 is 0. The third-order valence-corrected chi connectivity index (χ3v) is 3.34. The number of aromatic nitrogens is 1. The van der Waals surface area contributed by atoms with Gasteiger partial charge in [0.05, 0.1) is 12.0 Å². The Balaban J connectivity index is 2.36. The molecule has 6 heteroatoms. The number of hydrogen-bond donors (Lipinski definition) is 2. The van der Waals surface area contributed by atoms with Crippen LogP contribution in [0.5, 0.6) is 0 Å². The van der Waals surface area contributed by atoms with E-state index in [0.717, 1.165) is 18.5 Å². The van der Waals surface area contributed by atoms with E-state index in [-0.39, 0.29) is 12.5 Å². The molecule has 0 spiro atoms. The maximum Gasteiger partial charge on any atom is 0.305 e. The van der Waals surface area contributed by atoms with Crippen molar-refractivity contribution in [2.24, 2.45) is 5.73 Å². The van der Waals surface area contributed by atoms with Crippen molar-refractivity contribution in [1.29, 1.82) is 0 Å². The van der Waals surface area contributed by atoms with Gasteiger partial charge in [0.2, 0.25) is 0 Å². The van der Waals surface area contributed by atoms with Gasteiger partial charge in [-0.05, 0) is 31.9 Å². The zero-order valence-corrected chi connectivity index (χ0v) is 10.8. The number of nitrogens with zero attached hydrogens (tertiary/aromatic N) is 2. The lowest BCUT2D eigenvalue weighted by atomic mass is 10.1. The van der Waals surface area contributed by atoms with E-state index in [1.54, 1.807) is 12.1 Å². The number of nitrogens with two attached hydrogens (primary N) is 1. The quantitative estimate of drug-likeness (QED) is 0.842. The van der Waals surface area contributed by atoms with Gasteiger partial charge in [0.25, 0.3) is 5.91 Å². The van der Waals surface area contributed by atoms with Gasteiger partial charge in [-0.25, -0.2) is 4.98 Å². The van der Waals surface area contributed by atoms with Crippen molar-refractivity contribution in [3.63, 3.8) is 0 Å². The van der Waals surface area contributed by atoms with Gasteiger partial charge in [-0.2, -0.15) is 0 Å². The van der Waals surface area contributed by atoms with Crippen LogP contribution in [0.4, 0.5) is 5.82 Å². The summed E-state index contributed by atoms with van der Waals surface area (Å²) in [6.45, 7) is 2.53. The Kier molecular flexibility index (Phi) is 3.69. The van der Waals surface area contributed by atoms with E-state index in [0.29, 0.717) is 17.9 Å². The normalized spacial score (nSPS) is 18.6. The molecule has 2 heterocycles. The van der Waals surface area contributed by atoms with Crippen LogP contribution in [0.25, 0.3) is 0 Å². The lowest BCUT2D eigenvalue weighted by molar-refractivity contribution is -0.137. The van der Waals surface area contributed by atoms with Crippen LogP contribution in [-0.2, 0) is 4.79 Å². The molecule has 1 fully saturated rings. The molecule has 1 aliphatic rings.